The fraction of sp³-hybridized carbons (Fsp3) is 0.941. The van der Waals surface area contributed by atoms with Gasteiger partial charge in [-0.2, -0.15) is 0 Å². The number of piperidine rings is 1. The minimum absolute atomic E-state index is 0. The lowest BCUT2D eigenvalue weighted by Gasteiger charge is -2.29. The van der Waals surface area contributed by atoms with Crippen LogP contribution < -0.4 is 10.6 Å². The van der Waals surface area contributed by atoms with Crippen LogP contribution in [0.15, 0.2) is 4.99 Å². The van der Waals surface area contributed by atoms with E-state index in [0.717, 1.165) is 44.4 Å². The van der Waals surface area contributed by atoms with Gasteiger partial charge in [-0.15, -0.1) is 24.0 Å². The third-order valence-corrected chi connectivity index (χ3v) is 6.94. The van der Waals surface area contributed by atoms with Crippen molar-refractivity contribution in [3.8, 4) is 0 Å². The molecule has 2 aliphatic heterocycles. The maximum Gasteiger partial charge on any atom is 0.214 e. The molecule has 2 N–H and O–H groups in total. The molecule has 0 amide bonds. The lowest BCUT2D eigenvalue weighted by molar-refractivity contribution is 0.192. The second kappa shape index (κ2) is 12.4. The van der Waals surface area contributed by atoms with E-state index in [-0.39, 0.29) is 29.7 Å². The van der Waals surface area contributed by atoms with Gasteiger partial charge in [-0.25, -0.2) is 12.7 Å². The highest BCUT2D eigenvalue weighted by Crippen LogP contribution is 2.15. The molecule has 2 fully saturated rings. The lowest BCUT2D eigenvalue weighted by atomic mass is 9.99. The molecule has 2 rings (SSSR count). The average molecular weight is 501 g/mol. The summed E-state index contributed by atoms with van der Waals surface area (Å²) in [4.78, 5) is 7.15. The number of halogens is 1. The summed E-state index contributed by atoms with van der Waals surface area (Å²) in [6.45, 7) is 11.3. The highest BCUT2D eigenvalue weighted by atomic mass is 127. The fourth-order valence-electron chi connectivity index (χ4n) is 3.35. The predicted molar refractivity (Wildman–Crippen MR) is 119 cm³/mol. The molecule has 0 aromatic heterocycles. The topological polar surface area (TPSA) is 77.0 Å². The Hall–Kier alpha value is -0.130. The third-order valence-electron chi connectivity index (χ3n) is 4.98. The van der Waals surface area contributed by atoms with E-state index in [1.807, 2.05) is 6.92 Å². The van der Waals surface area contributed by atoms with E-state index in [0.29, 0.717) is 19.6 Å². The van der Waals surface area contributed by atoms with Crippen LogP contribution >= 0.6 is 24.0 Å². The molecule has 0 aliphatic carbocycles. The summed E-state index contributed by atoms with van der Waals surface area (Å²) < 4.78 is 25.2. The van der Waals surface area contributed by atoms with E-state index >= 15 is 0 Å². The summed E-state index contributed by atoms with van der Waals surface area (Å²) in [6.07, 6.45) is 4.43. The first-order valence-corrected chi connectivity index (χ1v) is 11.3. The number of guanidine groups is 1. The summed E-state index contributed by atoms with van der Waals surface area (Å²) in [7, 11) is -3.01. The number of rotatable bonds is 8. The van der Waals surface area contributed by atoms with Crippen LogP contribution in [0.1, 0.15) is 39.5 Å². The number of sulfonamides is 1. The number of likely N-dealkylation sites (tertiary alicyclic amines) is 1. The van der Waals surface area contributed by atoms with Gasteiger partial charge in [0.05, 0.1) is 5.75 Å². The minimum atomic E-state index is -3.01. The Morgan fingerprint density at radius 3 is 2.50 bits per heavy atom. The highest BCUT2D eigenvalue weighted by molar-refractivity contribution is 14.0. The Bertz CT molecular complexity index is 521. The molecule has 0 aromatic rings. The van der Waals surface area contributed by atoms with Gasteiger partial charge in [-0.1, -0.05) is 6.92 Å². The maximum absolute atomic E-state index is 11.8. The SMILES string of the molecule is CCNC(=NCCCN1CCC(C)CC1)NCCN1CCCS1(=O)=O.I. The molecule has 0 aromatic carbocycles. The van der Waals surface area contributed by atoms with Crippen molar-refractivity contribution in [3.05, 3.63) is 0 Å². The largest absolute Gasteiger partial charge is 0.357 e. The number of hydrogen-bond donors (Lipinski definition) is 2. The Kier molecular flexibility index (Phi) is 11.4. The summed E-state index contributed by atoms with van der Waals surface area (Å²) in [6, 6.07) is 0. The predicted octanol–water partition coefficient (Wildman–Crippen LogP) is 1.32. The number of nitrogens with zero attached hydrogens (tertiary/aromatic N) is 3. The van der Waals surface area contributed by atoms with Crippen molar-refractivity contribution in [2.24, 2.45) is 10.9 Å². The molecule has 2 aliphatic rings. The van der Waals surface area contributed by atoms with Crippen LogP contribution in [-0.2, 0) is 10.0 Å². The van der Waals surface area contributed by atoms with Crippen LogP contribution in [0.2, 0.25) is 0 Å². The molecule has 7 nitrogen and oxygen atoms in total. The molecule has 9 heteroatoms. The number of nitrogens with one attached hydrogen (secondary N) is 2. The molecular weight excluding hydrogens is 465 g/mol. The van der Waals surface area contributed by atoms with Crippen molar-refractivity contribution in [3.63, 3.8) is 0 Å². The molecule has 0 atom stereocenters. The van der Waals surface area contributed by atoms with Crippen molar-refractivity contribution in [1.82, 2.24) is 19.8 Å². The zero-order valence-electron chi connectivity index (χ0n) is 16.2. The van der Waals surface area contributed by atoms with Crippen LogP contribution in [0.4, 0.5) is 0 Å². The zero-order valence-corrected chi connectivity index (χ0v) is 19.4. The van der Waals surface area contributed by atoms with Gasteiger partial charge < -0.3 is 15.5 Å². The van der Waals surface area contributed by atoms with Crippen molar-refractivity contribution >= 4 is 40.0 Å². The van der Waals surface area contributed by atoms with Gasteiger partial charge in [-0.3, -0.25) is 4.99 Å². The Balaban J connectivity index is 0.00000338. The van der Waals surface area contributed by atoms with Crippen molar-refractivity contribution < 1.29 is 8.42 Å². The first-order valence-electron chi connectivity index (χ1n) is 9.73. The van der Waals surface area contributed by atoms with Crippen molar-refractivity contribution in [1.29, 1.82) is 0 Å². The Labute approximate surface area is 176 Å². The number of hydrogen-bond acceptors (Lipinski definition) is 4. The van der Waals surface area contributed by atoms with E-state index in [4.69, 9.17) is 0 Å². The van der Waals surface area contributed by atoms with Gasteiger partial charge in [0, 0.05) is 32.7 Å². The maximum atomic E-state index is 11.8. The fourth-order valence-corrected chi connectivity index (χ4v) is 4.88. The van der Waals surface area contributed by atoms with Gasteiger partial charge >= 0.3 is 0 Å². The summed E-state index contributed by atoms with van der Waals surface area (Å²) in [5, 5.41) is 6.48. The first-order chi connectivity index (χ1) is 12.0. The third kappa shape index (κ3) is 8.26. The second-order valence-electron chi connectivity index (χ2n) is 7.13. The Morgan fingerprint density at radius 1 is 1.15 bits per heavy atom. The summed E-state index contributed by atoms with van der Waals surface area (Å²) in [5.41, 5.74) is 0. The number of aliphatic imine (C=N–C) groups is 1. The second-order valence-corrected chi connectivity index (χ2v) is 9.22. The standard InChI is InChI=1S/C17H35N5O2S.HI/c1-3-18-17(20-9-14-22-11-5-15-25(22,23)24)19-8-4-10-21-12-6-16(2)7-13-21;/h16H,3-15H2,1-2H3,(H2,18,19,20);1H. The van der Waals surface area contributed by atoms with Gasteiger partial charge in [0.15, 0.2) is 5.96 Å². The van der Waals surface area contributed by atoms with Gasteiger partial charge in [0.2, 0.25) is 10.0 Å². The van der Waals surface area contributed by atoms with Crippen LogP contribution in [0.3, 0.4) is 0 Å². The minimum Gasteiger partial charge on any atom is -0.357 e. The molecule has 0 spiro atoms. The normalized spacial score (nSPS) is 22.2. The first kappa shape index (κ1) is 23.9. The quantitative estimate of drug-likeness (QED) is 0.227. The smallest absolute Gasteiger partial charge is 0.214 e. The van der Waals surface area contributed by atoms with Gasteiger partial charge in [-0.05, 0) is 58.2 Å². The van der Waals surface area contributed by atoms with E-state index in [9.17, 15) is 8.42 Å². The van der Waals surface area contributed by atoms with Crippen LogP contribution in [0.25, 0.3) is 0 Å². The van der Waals surface area contributed by atoms with E-state index in [2.05, 4.69) is 27.4 Å². The molecule has 2 heterocycles. The van der Waals surface area contributed by atoms with Crippen LogP contribution in [0.5, 0.6) is 0 Å². The molecule has 0 radical (unpaired) electrons. The van der Waals surface area contributed by atoms with Crippen LogP contribution in [0, 0.1) is 5.92 Å². The average Bonchev–Trinajstić information content (AvgIpc) is 2.92. The molecule has 2 saturated heterocycles. The highest BCUT2D eigenvalue weighted by Gasteiger charge is 2.27. The van der Waals surface area contributed by atoms with Crippen molar-refractivity contribution in [2.45, 2.75) is 39.5 Å². The lowest BCUT2D eigenvalue weighted by Crippen LogP contribution is -2.42. The monoisotopic (exact) mass is 501 g/mol. The van der Waals surface area contributed by atoms with Crippen LogP contribution in [-0.4, -0.2) is 81.7 Å². The molecule has 154 valence electrons. The molecule has 0 unspecified atom stereocenters. The Morgan fingerprint density at radius 2 is 1.88 bits per heavy atom. The summed E-state index contributed by atoms with van der Waals surface area (Å²) in [5.74, 6) is 1.95. The molecule has 26 heavy (non-hydrogen) atoms. The van der Waals surface area contributed by atoms with E-state index in [1.54, 1.807) is 4.31 Å². The van der Waals surface area contributed by atoms with E-state index in [1.165, 1.54) is 25.9 Å². The molecule has 0 bridgehead atoms. The van der Waals surface area contributed by atoms with Crippen molar-refractivity contribution in [2.75, 3.05) is 58.1 Å². The van der Waals surface area contributed by atoms with E-state index < -0.39 is 10.0 Å². The molecular formula is C17H36IN5O2S. The summed E-state index contributed by atoms with van der Waals surface area (Å²) >= 11 is 0. The van der Waals surface area contributed by atoms with Gasteiger partial charge in [0.1, 0.15) is 0 Å². The van der Waals surface area contributed by atoms with Gasteiger partial charge in [0.25, 0.3) is 0 Å². The molecule has 0 saturated carbocycles. The zero-order chi connectivity index (χ0) is 18.1.